The molecule has 0 amide bonds. The van der Waals surface area contributed by atoms with Gasteiger partial charge in [-0.2, -0.15) is 0 Å². The molecule has 0 radical (unpaired) electrons. The highest BCUT2D eigenvalue weighted by molar-refractivity contribution is 5.87. The highest BCUT2D eigenvalue weighted by Gasteiger charge is 2.54. The third-order valence-corrected chi connectivity index (χ3v) is 3.21. The Morgan fingerprint density at radius 1 is 0.833 bits per heavy atom. The largest absolute Gasteiger partial charge is 0.481 e. The smallest absolute Gasteiger partial charge is 0.308 e. The van der Waals surface area contributed by atoms with Crippen molar-refractivity contribution in [2.75, 3.05) is 0 Å². The molecule has 0 saturated heterocycles. The van der Waals surface area contributed by atoms with Crippen molar-refractivity contribution in [2.24, 2.45) is 23.7 Å². The Bertz CT molecular complexity index is 401. The molecule has 1 rings (SSSR count). The van der Waals surface area contributed by atoms with Crippen LogP contribution in [0.1, 0.15) is 12.8 Å². The van der Waals surface area contributed by atoms with Crippen molar-refractivity contribution < 1.29 is 39.6 Å². The van der Waals surface area contributed by atoms with E-state index in [-0.39, 0.29) is 6.42 Å². The average molecular weight is 260 g/mol. The molecule has 0 aliphatic heterocycles. The zero-order valence-electron chi connectivity index (χ0n) is 9.15. The van der Waals surface area contributed by atoms with Crippen LogP contribution in [0.5, 0.6) is 0 Å². The van der Waals surface area contributed by atoms with Crippen LogP contribution in [0.3, 0.4) is 0 Å². The Labute approximate surface area is 101 Å². The third-order valence-electron chi connectivity index (χ3n) is 3.21. The first-order chi connectivity index (χ1) is 8.25. The number of carboxylic acid groups (broad SMARTS) is 4. The number of carboxylic acids is 4. The fraction of sp³-hybridized carbons (Fsp3) is 0.600. The van der Waals surface area contributed by atoms with E-state index in [9.17, 15) is 19.2 Å². The predicted octanol–water partition coefficient (Wildman–Crippen LogP) is -0.417. The molecule has 4 atom stereocenters. The molecule has 0 heterocycles. The van der Waals surface area contributed by atoms with Crippen molar-refractivity contribution in [1.82, 2.24) is 0 Å². The van der Waals surface area contributed by atoms with Crippen LogP contribution in [0.25, 0.3) is 0 Å². The molecule has 0 aromatic heterocycles. The molecule has 4 N–H and O–H groups in total. The van der Waals surface area contributed by atoms with Crippen LogP contribution in [0, 0.1) is 23.7 Å². The lowest BCUT2D eigenvalue weighted by Gasteiger charge is -2.17. The van der Waals surface area contributed by atoms with E-state index in [1.54, 1.807) is 0 Å². The summed E-state index contributed by atoms with van der Waals surface area (Å²) in [6.45, 7) is 0. The second kappa shape index (κ2) is 5.03. The van der Waals surface area contributed by atoms with E-state index >= 15 is 0 Å². The van der Waals surface area contributed by atoms with Gasteiger partial charge in [-0.15, -0.1) is 0 Å². The van der Waals surface area contributed by atoms with E-state index in [2.05, 4.69) is 0 Å². The van der Waals surface area contributed by atoms with Crippen molar-refractivity contribution in [2.45, 2.75) is 12.8 Å². The molecule has 18 heavy (non-hydrogen) atoms. The van der Waals surface area contributed by atoms with Gasteiger partial charge in [-0.05, 0) is 12.3 Å². The maximum Gasteiger partial charge on any atom is 0.308 e. The zero-order chi connectivity index (χ0) is 14.0. The first-order valence-electron chi connectivity index (χ1n) is 5.16. The second-order valence-electron chi connectivity index (χ2n) is 4.27. The van der Waals surface area contributed by atoms with Crippen LogP contribution < -0.4 is 0 Å². The topological polar surface area (TPSA) is 149 Å². The average Bonchev–Trinajstić information content (AvgIpc) is 2.55. The van der Waals surface area contributed by atoms with Gasteiger partial charge in [0.25, 0.3) is 0 Å². The van der Waals surface area contributed by atoms with Crippen LogP contribution in [0.15, 0.2) is 0 Å². The van der Waals surface area contributed by atoms with Gasteiger partial charge >= 0.3 is 23.9 Å². The quantitative estimate of drug-likeness (QED) is 0.520. The van der Waals surface area contributed by atoms with Gasteiger partial charge in [0.15, 0.2) is 0 Å². The van der Waals surface area contributed by atoms with Gasteiger partial charge in [0.1, 0.15) is 0 Å². The molecule has 8 nitrogen and oxygen atoms in total. The number of rotatable bonds is 5. The molecule has 0 aromatic carbocycles. The molecule has 0 bridgehead atoms. The first-order valence-corrected chi connectivity index (χ1v) is 5.16. The number of carbonyl (C=O) groups is 4. The van der Waals surface area contributed by atoms with Gasteiger partial charge in [0.2, 0.25) is 0 Å². The minimum Gasteiger partial charge on any atom is -0.481 e. The summed E-state index contributed by atoms with van der Waals surface area (Å²) >= 11 is 0. The summed E-state index contributed by atoms with van der Waals surface area (Å²) in [6.07, 6.45) is -0.805. The van der Waals surface area contributed by atoms with Gasteiger partial charge < -0.3 is 20.4 Å². The minimum absolute atomic E-state index is 0.254. The van der Waals surface area contributed by atoms with Gasteiger partial charge in [-0.25, -0.2) is 0 Å². The second-order valence-corrected chi connectivity index (χ2v) is 4.27. The Morgan fingerprint density at radius 2 is 1.33 bits per heavy atom. The fourth-order valence-corrected chi connectivity index (χ4v) is 2.53. The lowest BCUT2D eigenvalue weighted by atomic mass is 9.86. The Hall–Kier alpha value is -2.12. The minimum atomic E-state index is -1.59. The maximum atomic E-state index is 11.0. The zero-order valence-corrected chi connectivity index (χ0v) is 9.15. The molecule has 1 fully saturated rings. The number of hydrogen-bond donors (Lipinski definition) is 4. The Balaban J connectivity index is 3.09. The highest BCUT2D eigenvalue weighted by Crippen LogP contribution is 2.43. The van der Waals surface area contributed by atoms with E-state index in [1.807, 2.05) is 0 Å². The standard InChI is InChI=1S/C10H12O8/c11-5(12)2-3-1-4(8(13)14)7(10(17)18)6(3)9(15)16/h3-4,6-7H,1-2H2,(H,11,12)(H,13,14)(H,15,16)(H,17,18). The lowest BCUT2D eigenvalue weighted by Crippen LogP contribution is -2.34. The molecule has 4 unspecified atom stereocenters. The molecule has 100 valence electrons. The van der Waals surface area contributed by atoms with Crippen LogP contribution in [-0.4, -0.2) is 44.3 Å². The van der Waals surface area contributed by atoms with E-state index in [4.69, 9.17) is 20.4 Å². The molecule has 1 aliphatic carbocycles. The number of hydrogen-bond acceptors (Lipinski definition) is 4. The first kappa shape index (κ1) is 13.9. The molecule has 0 aromatic rings. The van der Waals surface area contributed by atoms with Crippen LogP contribution in [-0.2, 0) is 19.2 Å². The molecule has 8 heteroatoms. The highest BCUT2D eigenvalue weighted by atomic mass is 16.4. The summed E-state index contributed by atoms with van der Waals surface area (Å²) in [5, 5.41) is 35.4. The van der Waals surface area contributed by atoms with Crippen LogP contribution in [0.2, 0.25) is 0 Å². The van der Waals surface area contributed by atoms with E-state index < -0.39 is 54.0 Å². The molecular formula is C10H12O8. The fourth-order valence-electron chi connectivity index (χ4n) is 2.53. The molecular weight excluding hydrogens is 248 g/mol. The van der Waals surface area contributed by atoms with Crippen molar-refractivity contribution in [1.29, 1.82) is 0 Å². The van der Waals surface area contributed by atoms with Crippen molar-refractivity contribution in [3.8, 4) is 0 Å². The maximum absolute atomic E-state index is 11.0. The van der Waals surface area contributed by atoms with Crippen LogP contribution >= 0.6 is 0 Å². The van der Waals surface area contributed by atoms with Crippen molar-refractivity contribution >= 4 is 23.9 Å². The van der Waals surface area contributed by atoms with Gasteiger partial charge in [-0.1, -0.05) is 0 Å². The van der Waals surface area contributed by atoms with Crippen molar-refractivity contribution in [3.05, 3.63) is 0 Å². The van der Waals surface area contributed by atoms with E-state index in [0.717, 1.165) is 0 Å². The summed E-state index contributed by atoms with van der Waals surface area (Å²) < 4.78 is 0. The summed E-state index contributed by atoms with van der Waals surface area (Å²) in [4.78, 5) is 43.5. The van der Waals surface area contributed by atoms with Gasteiger partial charge in [0, 0.05) is 6.42 Å². The third kappa shape index (κ3) is 2.58. The Kier molecular flexibility index (Phi) is 3.89. The number of aliphatic carboxylic acids is 4. The van der Waals surface area contributed by atoms with Crippen molar-refractivity contribution in [3.63, 3.8) is 0 Å². The molecule has 0 spiro atoms. The van der Waals surface area contributed by atoms with E-state index in [1.165, 1.54) is 0 Å². The molecule has 1 saturated carbocycles. The summed E-state index contributed by atoms with van der Waals surface area (Å²) in [5.41, 5.74) is 0. The normalized spacial score (nSPS) is 30.9. The van der Waals surface area contributed by atoms with E-state index in [0.29, 0.717) is 0 Å². The SMILES string of the molecule is O=C(O)CC1CC(C(=O)O)C(C(=O)O)C1C(=O)O. The summed E-state index contributed by atoms with van der Waals surface area (Å²) in [5.74, 6) is -11.1. The summed E-state index contributed by atoms with van der Waals surface area (Å²) in [6, 6.07) is 0. The van der Waals surface area contributed by atoms with Gasteiger partial charge in [-0.3, -0.25) is 19.2 Å². The predicted molar refractivity (Wildman–Crippen MR) is 53.7 cm³/mol. The molecule has 1 aliphatic rings. The monoisotopic (exact) mass is 260 g/mol. The van der Waals surface area contributed by atoms with Gasteiger partial charge in [0.05, 0.1) is 17.8 Å². The van der Waals surface area contributed by atoms with Crippen LogP contribution in [0.4, 0.5) is 0 Å². The Morgan fingerprint density at radius 3 is 1.67 bits per heavy atom. The lowest BCUT2D eigenvalue weighted by molar-refractivity contribution is -0.158. The summed E-state index contributed by atoms with van der Waals surface area (Å²) in [7, 11) is 0.